The lowest BCUT2D eigenvalue weighted by atomic mass is 9.99. The monoisotopic (exact) mass is 146 g/mol. The summed E-state index contributed by atoms with van der Waals surface area (Å²) >= 11 is 0. The molecule has 0 atom stereocenters. The van der Waals surface area contributed by atoms with Crippen molar-refractivity contribution >= 4 is 5.97 Å². The average Bonchev–Trinajstić information content (AvgIpc) is 1.90. The Hall–Kier alpha value is -0.610. The fourth-order valence-corrected chi connectivity index (χ4v) is 1.07. The SMILES string of the molecule is N.O=C(O)C1CCNCC1. The van der Waals surface area contributed by atoms with Crippen LogP contribution < -0.4 is 11.5 Å². The van der Waals surface area contributed by atoms with E-state index in [9.17, 15) is 4.79 Å². The van der Waals surface area contributed by atoms with Crippen LogP contribution >= 0.6 is 0 Å². The van der Waals surface area contributed by atoms with Gasteiger partial charge in [0.1, 0.15) is 0 Å². The minimum atomic E-state index is -0.642. The number of carbonyl (C=O) groups is 1. The number of rotatable bonds is 1. The van der Waals surface area contributed by atoms with Crippen LogP contribution in [0.5, 0.6) is 0 Å². The Morgan fingerprint density at radius 1 is 1.40 bits per heavy atom. The van der Waals surface area contributed by atoms with Crippen molar-refractivity contribution in [2.24, 2.45) is 5.92 Å². The van der Waals surface area contributed by atoms with E-state index in [4.69, 9.17) is 5.11 Å². The Morgan fingerprint density at radius 2 is 1.90 bits per heavy atom. The summed E-state index contributed by atoms with van der Waals surface area (Å²) in [5, 5.41) is 11.6. The number of hydrogen-bond donors (Lipinski definition) is 3. The Balaban J connectivity index is 0.000000810. The van der Waals surface area contributed by atoms with Gasteiger partial charge in [-0.1, -0.05) is 0 Å². The van der Waals surface area contributed by atoms with E-state index < -0.39 is 5.97 Å². The molecule has 0 spiro atoms. The van der Waals surface area contributed by atoms with Crippen LogP contribution in [-0.4, -0.2) is 24.2 Å². The van der Waals surface area contributed by atoms with Crippen molar-refractivity contribution in [1.29, 1.82) is 0 Å². The van der Waals surface area contributed by atoms with Gasteiger partial charge in [0.05, 0.1) is 5.92 Å². The number of nitrogens with one attached hydrogen (secondary N) is 1. The second kappa shape index (κ2) is 4.24. The van der Waals surface area contributed by atoms with E-state index in [-0.39, 0.29) is 12.1 Å². The molecule has 1 fully saturated rings. The van der Waals surface area contributed by atoms with Crippen molar-refractivity contribution in [3.63, 3.8) is 0 Å². The highest BCUT2D eigenvalue weighted by Crippen LogP contribution is 2.10. The van der Waals surface area contributed by atoms with E-state index >= 15 is 0 Å². The van der Waals surface area contributed by atoms with Gasteiger partial charge in [-0.2, -0.15) is 0 Å². The molecule has 0 unspecified atom stereocenters. The molecule has 1 aliphatic rings. The molecule has 10 heavy (non-hydrogen) atoms. The lowest BCUT2D eigenvalue weighted by Crippen LogP contribution is -2.31. The zero-order valence-electron chi connectivity index (χ0n) is 5.97. The first-order valence-electron chi connectivity index (χ1n) is 3.24. The molecule has 4 heteroatoms. The molecule has 60 valence electrons. The third-order valence-corrected chi connectivity index (χ3v) is 1.69. The van der Waals surface area contributed by atoms with Crippen molar-refractivity contribution < 1.29 is 9.90 Å². The maximum absolute atomic E-state index is 10.3. The molecule has 0 aromatic rings. The van der Waals surface area contributed by atoms with E-state index in [1.165, 1.54) is 0 Å². The van der Waals surface area contributed by atoms with Crippen molar-refractivity contribution in [2.75, 3.05) is 13.1 Å². The van der Waals surface area contributed by atoms with Gasteiger partial charge in [-0.05, 0) is 25.9 Å². The topological polar surface area (TPSA) is 84.3 Å². The van der Waals surface area contributed by atoms with Gasteiger partial charge in [0.2, 0.25) is 0 Å². The van der Waals surface area contributed by atoms with Gasteiger partial charge in [-0.15, -0.1) is 0 Å². The number of piperidine rings is 1. The van der Waals surface area contributed by atoms with Crippen LogP contribution in [0.4, 0.5) is 0 Å². The van der Waals surface area contributed by atoms with Crippen molar-refractivity contribution in [3.8, 4) is 0 Å². The van der Waals surface area contributed by atoms with E-state index in [0.29, 0.717) is 0 Å². The van der Waals surface area contributed by atoms with E-state index in [2.05, 4.69) is 5.32 Å². The molecule has 1 rings (SSSR count). The molecular formula is C6H14N2O2. The van der Waals surface area contributed by atoms with Gasteiger partial charge in [-0.25, -0.2) is 0 Å². The summed E-state index contributed by atoms with van der Waals surface area (Å²) in [4.78, 5) is 10.3. The minimum Gasteiger partial charge on any atom is -0.481 e. The zero-order valence-corrected chi connectivity index (χ0v) is 5.97. The third-order valence-electron chi connectivity index (χ3n) is 1.69. The predicted molar refractivity (Wildman–Crippen MR) is 38.3 cm³/mol. The van der Waals surface area contributed by atoms with Gasteiger partial charge >= 0.3 is 5.97 Å². The fourth-order valence-electron chi connectivity index (χ4n) is 1.07. The molecule has 5 N–H and O–H groups in total. The van der Waals surface area contributed by atoms with Crippen LogP contribution in [0, 0.1) is 5.92 Å². The molecule has 1 saturated heterocycles. The Bertz CT molecular complexity index is 110. The molecule has 0 saturated carbocycles. The second-order valence-electron chi connectivity index (χ2n) is 2.36. The molecular weight excluding hydrogens is 132 g/mol. The molecule has 4 nitrogen and oxygen atoms in total. The number of carboxylic acid groups (broad SMARTS) is 1. The Kier molecular flexibility index (Phi) is 3.99. The van der Waals surface area contributed by atoms with Crippen molar-refractivity contribution in [1.82, 2.24) is 11.5 Å². The molecule has 0 bridgehead atoms. The molecule has 0 aromatic heterocycles. The average molecular weight is 146 g/mol. The number of aliphatic carboxylic acids is 1. The lowest BCUT2D eigenvalue weighted by Gasteiger charge is -2.17. The highest BCUT2D eigenvalue weighted by atomic mass is 16.4. The summed E-state index contributed by atoms with van der Waals surface area (Å²) in [6.45, 7) is 1.72. The number of carboxylic acids is 1. The fraction of sp³-hybridized carbons (Fsp3) is 0.833. The van der Waals surface area contributed by atoms with Crippen LogP contribution in [0.15, 0.2) is 0 Å². The predicted octanol–water partition coefficient (Wildman–Crippen LogP) is 0.233. The minimum absolute atomic E-state index is 0. The van der Waals surface area contributed by atoms with E-state index in [0.717, 1.165) is 25.9 Å². The van der Waals surface area contributed by atoms with Crippen molar-refractivity contribution in [3.05, 3.63) is 0 Å². The summed E-state index contributed by atoms with van der Waals surface area (Å²) in [7, 11) is 0. The van der Waals surface area contributed by atoms with Crippen molar-refractivity contribution in [2.45, 2.75) is 12.8 Å². The normalized spacial score (nSPS) is 19.6. The summed E-state index contributed by atoms with van der Waals surface area (Å²) in [6.07, 6.45) is 1.57. The van der Waals surface area contributed by atoms with Crippen LogP contribution in [0.1, 0.15) is 12.8 Å². The molecule has 0 radical (unpaired) electrons. The lowest BCUT2D eigenvalue weighted by molar-refractivity contribution is -0.142. The number of hydrogen-bond acceptors (Lipinski definition) is 3. The van der Waals surface area contributed by atoms with Gasteiger partial charge in [0.15, 0.2) is 0 Å². The molecule has 0 amide bonds. The molecule has 1 heterocycles. The van der Waals surface area contributed by atoms with Gasteiger partial charge in [0.25, 0.3) is 0 Å². The van der Waals surface area contributed by atoms with Gasteiger partial charge in [-0.3, -0.25) is 4.79 Å². The quantitative estimate of drug-likeness (QED) is 0.494. The maximum atomic E-state index is 10.3. The largest absolute Gasteiger partial charge is 0.481 e. The zero-order chi connectivity index (χ0) is 6.69. The summed E-state index contributed by atoms with van der Waals surface area (Å²) in [5.74, 6) is -0.734. The van der Waals surface area contributed by atoms with Gasteiger partial charge < -0.3 is 16.6 Å². The highest BCUT2D eigenvalue weighted by molar-refractivity contribution is 5.70. The van der Waals surface area contributed by atoms with Crippen LogP contribution in [0.2, 0.25) is 0 Å². The maximum Gasteiger partial charge on any atom is 0.306 e. The van der Waals surface area contributed by atoms with Crippen LogP contribution in [0.25, 0.3) is 0 Å². The second-order valence-corrected chi connectivity index (χ2v) is 2.36. The summed E-state index contributed by atoms with van der Waals surface area (Å²) < 4.78 is 0. The standard InChI is InChI=1S/C6H11NO2.H3N/c8-6(9)5-1-3-7-4-2-5;/h5,7H,1-4H2,(H,8,9);1H3. The molecule has 0 aromatic carbocycles. The summed E-state index contributed by atoms with van der Waals surface area (Å²) in [6, 6.07) is 0. The van der Waals surface area contributed by atoms with E-state index in [1.54, 1.807) is 0 Å². The molecule has 1 aliphatic heterocycles. The van der Waals surface area contributed by atoms with Crippen LogP contribution in [-0.2, 0) is 4.79 Å². The highest BCUT2D eigenvalue weighted by Gasteiger charge is 2.18. The van der Waals surface area contributed by atoms with Crippen LogP contribution in [0.3, 0.4) is 0 Å². The first-order valence-corrected chi connectivity index (χ1v) is 3.24. The molecule has 0 aliphatic carbocycles. The first-order chi connectivity index (χ1) is 4.30. The third kappa shape index (κ3) is 2.33. The smallest absolute Gasteiger partial charge is 0.306 e. The van der Waals surface area contributed by atoms with Gasteiger partial charge in [0, 0.05) is 0 Å². The van der Waals surface area contributed by atoms with E-state index in [1.807, 2.05) is 0 Å². The first kappa shape index (κ1) is 9.39. The Morgan fingerprint density at radius 3 is 2.20 bits per heavy atom. The Labute approximate surface area is 60.2 Å². The summed E-state index contributed by atoms with van der Waals surface area (Å²) in [5.41, 5.74) is 0.